The lowest BCUT2D eigenvalue weighted by Gasteiger charge is -2.25. The first-order chi connectivity index (χ1) is 24.3. The zero-order valence-electron chi connectivity index (χ0n) is 26.6. The number of benzene rings is 8. The molecule has 3 heteroatoms. The number of anilines is 3. The Morgan fingerprint density at radius 2 is 1.06 bits per heavy atom. The molecule has 10 rings (SSSR count). The molecule has 10 aromatic rings. The van der Waals surface area contributed by atoms with Crippen LogP contribution in [0, 0.1) is 0 Å². The van der Waals surface area contributed by atoms with E-state index < -0.39 is 0 Å². The summed E-state index contributed by atoms with van der Waals surface area (Å²) in [6, 6.07) is 64.7. The van der Waals surface area contributed by atoms with Crippen molar-refractivity contribution in [1.82, 2.24) is 4.57 Å². The molecule has 0 aliphatic carbocycles. The normalized spacial score (nSPS) is 11.7. The van der Waals surface area contributed by atoms with Gasteiger partial charge in [0.15, 0.2) is 0 Å². The molecule has 0 fully saturated rings. The molecule has 0 aliphatic heterocycles. The number of nitrogens with zero attached hydrogens (tertiary/aromatic N) is 2. The summed E-state index contributed by atoms with van der Waals surface area (Å²) in [6.45, 7) is 0. The van der Waals surface area contributed by atoms with E-state index in [1.165, 1.54) is 43.7 Å². The molecule has 0 aliphatic rings. The Morgan fingerprint density at radius 1 is 0.408 bits per heavy atom. The van der Waals surface area contributed by atoms with E-state index >= 15 is 0 Å². The number of hydrogen-bond acceptors (Lipinski definition) is 2. The van der Waals surface area contributed by atoms with Crippen molar-refractivity contribution in [2.45, 2.75) is 0 Å². The fourth-order valence-electron chi connectivity index (χ4n) is 7.56. The van der Waals surface area contributed by atoms with Crippen LogP contribution in [-0.4, -0.2) is 4.57 Å². The summed E-state index contributed by atoms with van der Waals surface area (Å²) in [5.74, 6) is 0. The number of aromatic nitrogens is 1. The molecule has 0 atom stereocenters. The molecule has 0 radical (unpaired) electrons. The first kappa shape index (κ1) is 27.5. The van der Waals surface area contributed by atoms with Gasteiger partial charge in [0.25, 0.3) is 0 Å². The Kier molecular flexibility index (Phi) is 6.18. The highest BCUT2D eigenvalue weighted by atomic mass is 16.3. The van der Waals surface area contributed by atoms with Gasteiger partial charge in [-0.2, -0.15) is 0 Å². The molecule has 0 saturated carbocycles. The van der Waals surface area contributed by atoms with Gasteiger partial charge in [-0.3, -0.25) is 0 Å². The maximum absolute atomic E-state index is 6.70. The third kappa shape index (κ3) is 4.37. The van der Waals surface area contributed by atoms with Gasteiger partial charge in [0.1, 0.15) is 11.2 Å². The van der Waals surface area contributed by atoms with Crippen molar-refractivity contribution < 1.29 is 4.42 Å². The predicted octanol–water partition coefficient (Wildman–Crippen LogP) is 13.0. The van der Waals surface area contributed by atoms with E-state index in [1.54, 1.807) is 0 Å². The first-order valence-electron chi connectivity index (χ1n) is 16.7. The molecule has 49 heavy (non-hydrogen) atoms. The minimum absolute atomic E-state index is 0.854. The van der Waals surface area contributed by atoms with Crippen LogP contribution < -0.4 is 4.90 Å². The summed E-state index contributed by atoms with van der Waals surface area (Å²) in [5.41, 5.74) is 10.8. The Labute approximate surface area is 283 Å². The molecule has 0 unspecified atom stereocenters. The summed E-state index contributed by atoms with van der Waals surface area (Å²) in [5, 5.41) is 7.15. The highest BCUT2D eigenvalue weighted by Crippen LogP contribution is 2.43. The minimum Gasteiger partial charge on any atom is -0.456 e. The third-order valence-electron chi connectivity index (χ3n) is 9.76. The lowest BCUT2D eigenvalue weighted by Crippen LogP contribution is -2.09. The monoisotopic (exact) mass is 626 g/mol. The zero-order valence-corrected chi connectivity index (χ0v) is 26.6. The molecular formula is C46H30N2O. The zero-order chi connectivity index (χ0) is 32.3. The van der Waals surface area contributed by atoms with Crippen molar-refractivity contribution >= 4 is 71.6 Å². The molecular weight excluding hydrogens is 597 g/mol. The van der Waals surface area contributed by atoms with Crippen LogP contribution in [0.5, 0.6) is 0 Å². The minimum atomic E-state index is 0.854. The smallest absolute Gasteiger partial charge is 0.137 e. The predicted molar refractivity (Wildman–Crippen MR) is 206 cm³/mol. The van der Waals surface area contributed by atoms with Crippen LogP contribution in [0.25, 0.3) is 71.3 Å². The van der Waals surface area contributed by atoms with Crippen molar-refractivity contribution in [2.75, 3.05) is 4.90 Å². The third-order valence-corrected chi connectivity index (χ3v) is 9.76. The van der Waals surface area contributed by atoms with Crippen LogP contribution in [-0.2, 0) is 0 Å². The van der Waals surface area contributed by atoms with Gasteiger partial charge >= 0.3 is 0 Å². The van der Waals surface area contributed by atoms with E-state index in [2.05, 4.69) is 191 Å². The molecule has 0 saturated heterocycles. The summed E-state index contributed by atoms with van der Waals surface area (Å²) in [4.78, 5) is 2.29. The second-order valence-corrected chi connectivity index (χ2v) is 12.6. The lowest BCUT2D eigenvalue weighted by atomic mass is 10.0. The Hall–Kier alpha value is -6.58. The Morgan fingerprint density at radius 3 is 1.90 bits per heavy atom. The van der Waals surface area contributed by atoms with E-state index in [1.807, 2.05) is 0 Å². The van der Waals surface area contributed by atoms with Crippen molar-refractivity contribution in [2.24, 2.45) is 0 Å². The molecule has 0 bridgehead atoms. The van der Waals surface area contributed by atoms with E-state index in [9.17, 15) is 0 Å². The van der Waals surface area contributed by atoms with Crippen molar-refractivity contribution in [3.63, 3.8) is 0 Å². The first-order valence-corrected chi connectivity index (χ1v) is 16.7. The average molecular weight is 627 g/mol. The van der Waals surface area contributed by atoms with Gasteiger partial charge in [-0.1, -0.05) is 121 Å². The summed E-state index contributed by atoms with van der Waals surface area (Å²) in [7, 11) is 0. The van der Waals surface area contributed by atoms with Gasteiger partial charge in [-0.05, 0) is 71.1 Å². The van der Waals surface area contributed by atoms with Gasteiger partial charge in [0.2, 0.25) is 0 Å². The molecule has 0 N–H and O–H groups in total. The number of hydrogen-bond donors (Lipinski definition) is 0. The second kappa shape index (κ2) is 11.0. The summed E-state index contributed by atoms with van der Waals surface area (Å²) < 4.78 is 9.14. The Balaban J connectivity index is 1.18. The van der Waals surface area contributed by atoms with Crippen LogP contribution in [0.4, 0.5) is 17.1 Å². The van der Waals surface area contributed by atoms with Crippen molar-refractivity contribution in [1.29, 1.82) is 0 Å². The topological polar surface area (TPSA) is 21.3 Å². The SMILES string of the molecule is c1ccc(-c2ccc(N(c3ccccc3)c3ccc4c(c3)oc3cccc(-n5c6ccccc6c6ccc7ccccc7c65)c34)cc2)cc1. The van der Waals surface area contributed by atoms with E-state index in [0.717, 1.165) is 44.7 Å². The molecule has 2 heterocycles. The fourth-order valence-corrected chi connectivity index (χ4v) is 7.56. The molecule has 230 valence electrons. The number of rotatable bonds is 5. The van der Waals surface area contributed by atoms with Gasteiger partial charge in [0, 0.05) is 44.7 Å². The highest BCUT2D eigenvalue weighted by Gasteiger charge is 2.20. The lowest BCUT2D eigenvalue weighted by molar-refractivity contribution is 0.669. The average Bonchev–Trinajstić information content (AvgIpc) is 3.72. The van der Waals surface area contributed by atoms with Crippen LogP contribution in [0.15, 0.2) is 186 Å². The maximum atomic E-state index is 6.70. The van der Waals surface area contributed by atoms with Crippen molar-refractivity contribution in [3.05, 3.63) is 182 Å². The van der Waals surface area contributed by atoms with Gasteiger partial charge in [-0.15, -0.1) is 0 Å². The molecule has 8 aromatic carbocycles. The Bertz CT molecular complexity index is 2810. The highest BCUT2D eigenvalue weighted by molar-refractivity contribution is 6.20. The number of fused-ring (bicyclic) bond motifs is 8. The van der Waals surface area contributed by atoms with Crippen LogP contribution >= 0.6 is 0 Å². The molecule has 3 nitrogen and oxygen atoms in total. The van der Waals surface area contributed by atoms with Crippen LogP contribution in [0.1, 0.15) is 0 Å². The van der Waals surface area contributed by atoms with E-state index in [0.29, 0.717) is 0 Å². The van der Waals surface area contributed by atoms with E-state index in [-0.39, 0.29) is 0 Å². The molecule has 0 amide bonds. The number of para-hydroxylation sites is 2. The quantitative estimate of drug-likeness (QED) is 0.190. The molecule has 2 aromatic heterocycles. The standard InChI is InChI=1S/C46H30N2O/c1-3-12-31(13-4-1)32-22-25-35(26-23-32)47(34-15-5-2-6-16-34)36-27-29-40-44(30-36)49-43-21-11-20-42(45(40)43)48-41-19-10-9-18-38(41)39-28-24-33-14-7-8-17-37(33)46(39)48/h1-30H. The molecule has 0 spiro atoms. The largest absolute Gasteiger partial charge is 0.456 e. The van der Waals surface area contributed by atoms with Gasteiger partial charge in [0.05, 0.1) is 22.1 Å². The second-order valence-electron chi connectivity index (χ2n) is 12.6. The van der Waals surface area contributed by atoms with Crippen molar-refractivity contribution in [3.8, 4) is 16.8 Å². The van der Waals surface area contributed by atoms with Gasteiger partial charge < -0.3 is 13.9 Å². The van der Waals surface area contributed by atoms with E-state index in [4.69, 9.17) is 4.42 Å². The number of furan rings is 1. The summed E-state index contributed by atoms with van der Waals surface area (Å²) >= 11 is 0. The maximum Gasteiger partial charge on any atom is 0.137 e. The van der Waals surface area contributed by atoms with Gasteiger partial charge in [-0.25, -0.2) is 0 Å². The summed E-state index contributed by atoms with van der Waals surface area (Å²) in [6.07, 6.45) is 0. The fraction of sp³-hybridized carbons (Fsp3) is 0. The van der Waals surface area contributed by atoms with Crippen LogP contribution in [0.2, 0.25) is 0 Å². The van der Waals surface area contributed by atoms with Crippen LogP contribution in [0.3, 0.4) is 0 Å².